The van der Waals surface area contributed by atoms with Gasteiger partial charge in [-0.25, -0.2) is 0 Å². The zero-order valence-corrected chi connectivity index (χ0v) is 13.9. The van der Waals surface area contributed by atoms with Gasteiger partial charge in [-0.05, 0) is 43.3 Å². The molecule has 1 aromatic heterocycles. The van der Waals surface area contributed by atoms with Gasteiger partial charge in [-0.2, -0.15) is 0 Å². The number of rotatable bonds is 6. The first-order chi connectivity index (χ1) is 11.7. The minimum atomic E-state index is -0.0208. The maximum atomic E-state index is 12.1. The lowest BCUT2D eigenvalue weighted by Gasteiger charge is -2.28. The van der Waals surface area contributed by atoms with E-state index in [2.05, 4.69) is 10.2 Å². The second-order valence-corrected chi connectivity index (χ2v) is 5.94. The van der Waals surface area contributed by atoms with E-state index in [0.717, 1.165) is 43.4 Å². The van der Waals surface area contributed by atoms with Crippen molar-refractivity contribution in [3.05, 3.63) is 48.4 Å². The molecule has 1 aliphatic heterocycles. The Morgan fingerprint density at radius 3 is 2.67 bits per heavy atom. The van der Waals surface area contributed by atoms with E-state index < -0.39 is 0 Å². The standard InChI is InChI=1S/C18H23N3O3/c1-14(17-3-2-10-24-17)19-13-18(22)20-15-4-6-16(7-5-15)21-8-11-23-12-9-21/h2-7,10,14,19H,8-9,11-13H2,1H3,(H,20,22)/p+1/t14-/m1/s1. The van der Waals surface area contributed by atoms with E-state index in [1.807, 2.05) is 48.6 Å². The van der Waals surface area contributed by atoms with Crippen LogP contribution in [0.15, 0.2) is 47.1 Å². The average molecular weight is 330 g/mol. The highest BCUT2D eigenvalue weighted by molar-refractivity contribution is 5.91. The molecule has 3 N–H and O–H groups in total. The molecular weight excluding hydrogens is 306 g/mol. The second kappa shape index (κ2) is 7.99. The SMILES string of the molecule is C[C@@H]([NH2+]CC(=O)Nc1ccc(N2CCOCC2)cc1)c1ccco1. The lowest BCUT2D eigenvalue weighted by atomic mass is 10.2. The van der Waals surface area contributed by atoms with Gasteiger partial charge in [-0.1, -0.05) is 0 Å². The lowest BCUT2D eigenvalue weighted by molar-refractivity contribution is -0.684. The fourth-order valence-corrected chi connectivity index (χ4v) is 2.74. The molecule has 1 amide bonds. The van der Waals surface area contributed by atoms with E-state index in [4.69, 9.17) is 9.15 Å². The van der Waals surface area contributed by atoms with E-state index >= 15 is 0 Å². The Labute approximate surface area is 141 Å². The van der Waals surface area contributed by atoms with Crippen molar-refractivity contribution in [3.63, 3.8) is 0 Å². The molecule has 0 bridgehead atoms. The summed E-state index contributed by atoms with van der Waals surface area (Å²) in [6.07, 6.45) is 1.65. The second-order valence-electron chi connectivity index (χ2n) is 5.94. The highest BCUT2D eigenvalue weighted by Crippen LogP contribution is 2.18. The highest BCUT2D eigenvalue weighted by atomic mass is 16.5. The van der Waals surface area contributed by atoms with Crippen molar-refractivity contribution < 1.29 is 19.3 Å². The van der Waals surface area contributed by atoms with Crippen molar-refractivity contribution in [2.75, 3.05) is 43.1 Å². The van der Waals surface area contributed by atoms with Crippen molar-refractivity contribution >= 4 is 17.3 Å². The van der Waals surface area contributed by atoms with Crippen LogP contribution in [0.25, 0.3) is 0 Å². The third-order valence-electron chi connectivity index (χ3n) is 4.18. The Hall–Kier alpha value is -2.31. The van der Waals surface area contributed by atoms with Crippen LogP contribution < -0.4 is 15.5 Å². The van der Waals surface area contributed by atoms with E-state index in [0.29, 0.717) is 6.54 Å². The molecule has 6 heteroatoms. The number of carbonyl (C=O) groups excluding carboxylic acids is 1. The molecule has 0 spiro atoms. The molecule has 2 heterocycles. The fourth-order valence-electron chi connectivity index (χ4n) is 2.74. The Morgan fingerprint density at radius 2 is 2.00 bits per heavy atom. The van der Waals surface area contributed by atoms with Crippen LogP contribution in [0.5, 0.6) is 0 Å². The van der Waals surface area contributed by atoms with Crippen LogP contribution in [0.1, 0.15) is 18.7 Å². The Kier molecular flexibility index (Phi) is 5.51. The Morgan fingerprint density at radius 1 is 1.25 bits per heavy atom. The summed E-state index contributed by atoms with van der Waals surface area (Å²) in [5.74, 6) is 0.852. The van der Waals surface area contributed by atoms with Crippen LogP contribution in [0, 0.1) is 0 Å². The van der Waals surface area contributed by atoms with Crippen molar-refractivity contribution in [2.45, 2.75) is 13.0 Å². The number of amides is 1. The number of nitrogens with one attached hydrogen (secondary N) is 1. The van der Waals surface area contributed by atoms with Gasteiger partial charge in [0.25, 0.3) is 5.91 Å². The largest absolute Gasteiger partial charge is 0.463 e. The van der Waals surface area contributed by atoms with Crippen molar-refractivity contribution in [3.8, 4) is 0 Å². The molecule has 1 saturated heterocycles. The number of nitrogens with two attached hydrogens (primary N) is 1. The van der Waals surface area contributed by atoms with E-state index in [9.17, 15) is 4.79 Å². The monoisotopic (exact) mass is 330 g/mol. The maximum absolute atomic E-state index is 12.1. The molecule has 1 aromatic carbocycles. The molecule has 0 saturated carbocycles. The Balaban J connectivity index is 1.47. The van der Waals surface area contributed by atoms with Crippen LogP contribution in [-0.2, 0) is 9.53 Å². The van der Waals surface area contributed by atoms with Crippen molar-refractivity contribution in [2.24, 2.45) is 0 Å². The van der Waals surface area contributed by atoms with Gasteiger partial charge in [-0.15, -0.1) is 0 Å². The smallest absolute Gasteiger partial charge is 0.279 e. The van der Waals surface area contributed by atoms with E-state index in [1.165, 1.54) is 0 Å². The zero-order valence-electron chi connectivity index (χ0n) is 13.9. The number of hydrogen-bond donors (Lipinski definition) is 2. The molecule has 1 atom stereocenters. The molecule has 0 unspecified atom stereocenters. The van der Waals surface area contributed by atoms with Gasteiger partial charge >= 0.3 is 0 Å². The summed E-state index contributed by atoms with van der Waals surface area (Å²) in [5.41, 5.74) is 1.98. The lowest BCUT2D eigenvalue weighted by Crippen LogP contribution is -2.86. The fraction of sp³-hybridized carbons (Fsp3) is 0.389. The number of nitrogens with zero attached hydrogens (tertiary/aromatic N) is 1. The summed E-state index contributed by atoms with van der Waals surface area (Å²) in [6, 6.07) is 11.9. The van der Waals surface area contributed by atoms with Crippen LogP contribution in [-0.4, -0.2) is 38.8 Å². The molecule has 0 aliphatic carbocycles. The van der Waals surface area contributed by atoms with Gasteiger partial charge in [-0.3, -0.25) is 4.79 Å². The number of quaternary nitrogens is 1. The maximum Gasteiger partial charge on any atom is 0.279 e. The molecule has 1 fully saturated rings. The summed E-state index contributed by atoms with van der Waals surface area (Å²) < 4.78 is 10.7. The Bertz CT molecular complexity index is 634. The minimum absolute atomic E-state index is 0.0208. The number of hydrogen-bond acceptors (Lipinski definition) is 4. The first-order valence-corrected chi connectivity index (χ1v) is 8.32. The van der Waals surface area contributed by atoms with Gasteiger partial charge in [0.1, 0.15) is 6.04 Å². The average Bonchev–Trinajstić information content (AvgIpc) is 3.16. The van der Waals surface area contributed by atoms with Crippen LogP contribution in [0.4, 0.5) is 11.4 Å². The van der Waals surface area contributed by atoms with E-state index in [1.54, 1.807) is 6.26 Å². The summed E-state index contributed by atoms with van der Waals surface area (Å²) in [6.45, 7) is 5.72. The number of morpholine rings is 1. The summed E-state index contributed by atoms with van der Waals surface area (Å²) in [4.78, 5) is 14.4. The predicted molar refractivity (Wildman–Crippen MR) is 92.0 cm³/mol. The van der Waals surface area contributed by atoms with Gasteiger partial charge in [0.15, 0.2) is 12.3 Å². The summed E-state index contributed by atoms with van der Waals surface area (Å²) in [5, 5.41) is 4.88. The molecule has 0 radical (unpaired) electrons. The predicted octanol–water partition coefficient (Wildman–Crippen LogP) is 1.38. The quantitative estimate of drug-likeness (QED) is 0.839. The first kappa shape index (κ1) is 16.5. The van der Waals surface area contributed by atoms with Crippen molar-refractivity contribution in [1.29, 1.82) is 0 Å². The molecule has 128 valence electrons. The molecule has 1 aliphatic rings. The molecule has 24 heavy (non-hydrogen) atoms. The van der Waals surface area contributed by atoms with Crippen LogP contribution in [0.3, 0.4) is 0 Å². The molecule has 3 rings (SSSR count). The summed E-state index contributed by atoms with van der Waals surface area (Å²) in [7, 11) is 0. The van der Waals surface area contributed by atoms with Crippen LogP contribution in [0.2, 0.25) is 0 Å². The zero-order chi connectivity index (χ0) is 16.8. The van der Waals surface area contributed by atoms with Gasteiger partial charge < -0.3 is 24.7 Å². The number of anilines is 2. The third-order valence-corrected chi connectivity index (χ3v) is 4.18. The van der Waals surface area contributed by atoms with Gasteiger partial charge in [0.2, 0.25) is 0 Å². The number of ether oxygens (including phenoxy) is 1. The number of furan rings is 1. The highest BCUT2D eigenvalue weighted by Gasteiger charge is 2.14. The normalized spacial score (nSPS) is 16.0. The summed E-state index contributed by atoms with van der Waals surface area (Å²) >= 11 is 0. The number of carbonyl (C=O) groups is 1. The molecule has 6 nitrogen and oxygen atoms in total. The van der Waals surface area contributed by atoms with Gasteiger partial charge in [0.05, 0.1) is 19.5 Å². The first-order valence-electron chi connectivity index (χ1n) is 8.32. The third kappa shape index (κ3) is 4.37. The van der Waals surface area contributed by atoms with Crippen molar-refractivity contribution in [1.82, 2.24) is 0 Å². The molecular formula is C18H24N3O3+. The number of benzene rings is 1. The topological polar surface area (TPSA) is 71.3 Å². The van der Waals surface area contributed by atoms with E-state index in [-0.39, 0.29) is 11.9 Å². The molecule has 2 aromatic rings. The van der Waals surface area contributed by atoms with Crippen LogP contribution >= 0.6 is 0 Å². The van der Waals surface area contributed by atoms with Gasteiger partial charge in [0, 0.05) is 24.5 Å². The minimum Gasteiger partial charge on any atom is -0.463 e.